The minimum atomic E-state index is -0.512. The number of benzene rings is 2. The van der Waals surface area contributed by atoms with Gasteiger partial charge in [-0.2, -0.15) is 4.98 Å². The van der Waals surface area contributed by atoms with E-state index in [1.165, 1.54) is 12.1 Å². The van der Waals surface area contributed by atoms with E-state index in [-0.39, 0.29) is 17.0 Å². The van der Waals surface area contributed by atoms with Crippen LogP contribution >= 0.6 is 0 Å². The highest BCUT2D eigenvalue weighted by atomic mass is 16.8. The van der Waals surface area contributed by atoms with Gasteiger partial charge >= 0.3 is 0 Å². The van der Waals surface area contributed by atoms with Crippen molar-refractivity contribution in [2.75, 3.05) is 11.8 Å². The molecule has 3 heterocycles. The first-order valence-electron chi connectivity index (χ1n) is 9.92. The summed E-state index contributed by atoms with van der Waals surface area (Å²) in [6.45, 7) is 0.993. The number of aromatic nitrogens is 4. The van der Waals surface area contributed by atoms with Crippen LogP contribution in [0.25, 0.3) is 22.4 Å². The molecule has 4 aromatic rings. The maximum atomic E-state index is 11.2. The number of β-amino-alcohol motifs (C(OH)–C–C–N with tert-alkyl or cyclic N) is 1. The molecule has 31 heavy (non-hydrogen) atoms. The molecule has 2 aromatic carbocycles. The molecule has 0 saturated carbocycles. The van der Waals surface area contributed by atoms with Gasteiger partial charge in [0.05, 0.1) is 35.4 Å². The second kappa shape index (κ2) is 7.75. The second-order valence-corrected chi connectivity index (χ2v) is 7.69. The minimum absolute atomic E-state index is 0.0728. The van der Waals surface area contributed by atoms with Gasteiger partial charge in [-0.15, -0.1) is 0 Å². The van der Waals surface area contributed by atoms with Gasteiger partial charge in [0.2, 0.25) is 11.7 Å². The number of rotatable bonds is 5. The summed E-state index contributed by atoms with van der Waals surface area (Å²) in [6, 6.07) is 14.0. The molecule has 1 aliphatic heterocycles. The van der Waals surface area contributed by atoms with Crippen molar-refractivity contribution in [1.29, 1.82) is 0 Å². The van der Waals surface area contributed by atoms with E-state index in [0.29, 0.717) is 36.8 Å². The SMILES string of the molecule is Cn1c(CN2C[C@H](O)C[C@H]2c2nc(-c3cccc(N([O-])O)c3)no2)nc2ccccc21. The van der Waals surface area contributed by atoms with Gasteiger partial charge in [0.25, 0.3) is 0 Å². The van der Waals surface area contributed by atoms with Crippen molar-refractivity contribution in [1.82, 2.24) is 24.6 Å². The first kappa shape index (κ1) is 19.6. The van der Waals surface area contributed by atoms with Gasteiger partial charge in [0.15, 0.2) is 0 Å². The number of aliphatic hydroxyl groups excluding tert-OH is 1. The largest absolute Gasteiger partial charge is 0.733 e. The molecular weight excluding hydrogens is 400 g/mol. The monoisotopic (exact) mass is 421 g/mol. The fourth-order valence-electron chi connectivity index (χ4n) is 4.08. The maximum Gasteiger partial charge on any atom is 0.244 e. The average molecular weight is 421 g/mol. The van der Waals surface area contributed by atoms with Gasteiger partial charge < -0.3 is 24.6 Å². The zero-order chi connectivity index (χ0) is 21.5. The lowest BCUT2D eigenvalue weighted by Crippen LogP contribution is -2.26. The van der Waals surface area contributed by atoms with Crippen LogP contribution in [0.5, 0.6) is 0 Å². The summed E-state index contributed by atoms with van der Waals surface area (Å²) in [5.41, 5.74) is 2.59. The molecule has 0 unspecified atom stereocenters. The molecule has 0 bridgehead atoms. The van der Waals surface area contributed by atoms with Crippen molar-refractivity contribution in [2.24, 2.45) is 7.05 Å². The number of likely N-dealkylation sites (tertiary alicyclic amines) is 1. The molecule has 1 saturated heterocycles. The molecule has 2 atom stereocenters. The molecule has 10 heteroatoms. The fraction of sp³-hybridized carbons (Fsp3) is 0.286. The third kappa shape index (κ3) is 3.66. The smallest absolute Gasteiger partial charge is 0.244 e. The van der Waals surface area contributed by atoms with Crippen LogP contribution < -0.4 is 5.23 Å². The second-order valence-electron chi connectivity index (χ2n) is 7.69. The van der Waals surface area contributed by atoms with E-state index >= 15 is 0 Å². The van der Waals surface area contributed by atoms with E-state index in [1.54, 1.807) is 12.1 Å². The lowest BCUT2D eigenvalue weighted by atomic mass is 10.2. The Morgan fingerprint density at radius 1 is 1.19 bits per heavy atom. The van der Waals surface area contributed by atoms with Crippen LogP contribution in [0.2, 0.25) is 0 Å². The zero-order valence-corrected chi connectivity index (χ0v) is 16.8. The molecule has 5 rings (SSSR count). The van der Waals surface area contributed by atoms with Gasteiger partial charge in [-0.05, 0) is 30.7 Å². The van der Waals surface area contributed by atoms with Crippen molar-refractivity contribution in [3.05, 3.63) is 65.5 Å². The summed E-state index contributed by atoms with van der Waals surface area (Å²) in [5, 5.41) is 34.4. The molecule has 0 amide bonds. The Morgan fingerprint density at radius 3 is 2.84 bits per heavy atom. The minimum Gasteiger partial charge on any atom is -0.733 e. The topological polar surface area (TPSA) is 127 Å². The van der Waals surface area contributed by atoms with Gasteiger partial charge in [-0.3, -0.25) is 10.1 Å². The standard InChI is InChI=1S/C21H21N6O4/c1-25-17-8-3-2-7-16(17)22-19(25)12-26-11-15(28)10-18(26)21-23-20(24-31-21)13-5-4-6-14(9-13)27(29)30/h2-9,15,18,28-29H,10-12H2,1H3/q-1/t15-,18+/m1/s1. The highest BCUT2D eigenvalue weighted by Gasteiger charge is 2.36. The number of aryl methyl sites for hydroxylation is 1. The summed E-state index contributed by atoms with van der Waals surface area (Å²) < 4.78 is 7.56. The summed E-state index contributed by atoms with van der Waals surface area (Å²) in [7, 11) is 1.98. The van der Waals surface area contributed by atoms with E-state index in [1.807, 2.05) is 35.9 Å². The van der Waals surface area contributed by atoms with E-state index in [4.69, 9.17) is 14.7 Å². The van der Waals surface area contributed by atoms with Gasteiger partial charge in [-0.1, -0.05) is 29.4 Å². The fourth-order valence-corrected chi connectivity index (χ4v) is 4.08. The highest BCUT2D eigenvalue weighted by molar-refractivity contribution is 5.75. The van der Waals surface area contributed by atoms with Crippen LogP contribution in [0.3, 0.4) is 0 Å². The molecular formula is C21H21N6O4-. The van der Waals surface area contributed by atoms with Crippen LogP contribution in [0, 0.1) is 5.21 Å². The summed E-state index contributed by atoms with van der Waals surface area (Å²) in [6.07, 6.45) is -0.0434. The molecule has 160 valence electrons. The predicted octanol–water partition coefficient (Wildman–Crippen LogP) is 2.62. The number of para-hydroxylation sites is 2. The van der Waals surface area contributed by atoms with E-state index < -0.39 is 6.10 Å². The van der Waals surface area contributed by atoms with Crippen molar-refractivity contribution in [2.45, 2.75) is 25.1 Å². The molecule has 0 radical (unpaired) electrons. The van der Waals surface area contributed by atoms with Crippen molar-refractivity contribution >= 4 is 16.7 Å². The van der Waals surface area contributed by atoms with Crippen LogP contribution in [-0.2, 0) is 13.6 Å². The molecule has 0 spiro atoms. The van der Waals surface area contributed by atoms with Crippen molar-refractivity contribution in [3.8, 4) is 11.4 Å². The zero-order valence-electron chi connectivity index (χ0n) is 16.8. The lowest BCUT2D eigenvalue weighted by molar-refractivity contribution is 0.167. The number of hydrogen-bond acceptors (Lipinski definition) is 9. The first-order valence-corrected chi connectivity index (χ1v) is 9.92. The van der Waals surface area contributed by atoms with Crippen molar-refractivity contribution in [3.63, 3.8) is 0 Å². The number of anilines is 1. The van der Waals surface area contributed by atoms with E-state index in [0.717, 1.165) is 16.9 Å². The Kier molecular flexibility index (Phi) is 4.91. The Balaban J connectivity index is 1.41. The number of hydrogen-bond donors (Lipinski definition) is 2. The summed E-state index contributed by atoms with van der Waals surface area (Å²) >= 11 is 0. The Labute approximate surface area is 177 Å². The first-order chi connectivity index (χ1) is 15.0. The van der Waals surface area contributed by atoms with Crippen LogP contribution in [0.4, 0.5) is 5.69 Å². The van der Waals surface area contributed by atoms with Crippen molar-refractivity contribution < 1.29 is 14.8 Å². The van der Waals surface area contributed by atoms with Crippen LogP contribution in [0.15, 0.2) is 53.1 Å². The third-order valence-corrected chi connectivity index (χ3v) is 5.66. The van der Waals surface area contributed by atoms with E-state index in [2.05, 4.69) is 15.0 Å². The van der Waals surface area contributed by atoms with Crippen LogP contribution in [-0.4, -0.2) is 47.6 Å². The molecule has 1 fully saturated rings. The number of fused-ring (bicyclic) bond motifs is 1. The highest BCUT2D eigenvalue weighted by Crippen LogP contribution is 2.34. The number of imidazole rings is 1. The summed E-state index contributed by atoms with van der Waals surface area (Å²) in [5.74, 6) is 1.58. The van der Waals surface area contributed by atoms with Gasteiger partial charge in [-0.25, -0.2) is 4.98 Å². The van der Waals surface area contributed by atoms with Gasteiger partial charge in [0, 0.05) is 19.2 Å². The predicted molar refractivity (Wildman–Crippen MR) is 112 cm³/mol. The maximum absolute atomic E-state index is 11.2. The Morgan fingerprint density at radius 2 is 2.03 bits per heavy atom. The molecule has 10 nitrogen and oxygen atoms in total. The van der Waals surface area contributed by atoms with Crippen LogP contribution in [0.1, 0.15) is 24.2 Å². The molecule has 2 aromatic heterocycles. The average Bonchev–Trinajstić information content (AvgIpc) is 3.47. The Hall–Kier alpha value is -3.31. The lowest BCUT2D eigenvalue weighted by Gasteiger charge is -2.21. The number of aliphatic hydroxyl groups is 1. The summed E-state index contributed by atoms with van der Waals surface area (Å²) in [4.78, 5) is 11.3. The number of nitrogens with zero attached hydrogens (tertiary/aromatic N) is 6. The van der Waals surface area contributed by atoms with E-state index in [9.17, 15) is 10.3 Å². The Bertz CT molecular complexity index is 1220. The normalized spacial score (nSPS) is 19.4. The molecule has 2 N–H and O–H groups in total. The van der Waals surface area contributed by atoms with Gasteiger partial charge in [0.1, 0.15) is 5.82 Å². The molecule has 0 aliphatic carbocycles. The third-order valence-electron chi connectivity index (χ3n) is 5.66. The molecule has 1 aliphatic rings. The quantitative estimate of drug-likeness (QED) is 0.467.